The number of fused-ring (bicyclic) bond motifs is 5. The number of esters is 1. The van der Waals surface area contributed by atoms with Crippen molar-refractivity contribution in [2.45, 2.75) is 69.4 Å². The van der Waals surface area contributed by atoms with Crippen molar-refractivity contribution in [3.05, 3.63) is 69.3 Å². The third-order valence-electron chi connectivity index (χ3n) is 10.8. The van der Waals surface area contributed by atoms with Crippen LogP contribution < -0.4 is 5.32 Å². The zero-order valence-electron chi connectivity index (χ0n) is 25.4. The molecule has 2 fully saturated rings. The molecule has 1 amide bonds. The number of allylic oxidation sites excluding steroid dienone is 4. The van der Waals surface area contributed by atoms with E-state index >= 15 is 4.39 Å². The molecule has 46 heavy (non-hydrogen) atoms. The second-order valence-corrected chi connectivity index (χ2v) is 13.1. The summed E-state index contributed by atoms with van der Waals surface area (Å²) in [7, 11) is 0. The van der Waals surface area contributed by atoms with E-state index in [1.54, 1.807) is 25.1 Å². The van der Waals surface area contributed by atoms with Gasteiger partial charge in [-0.15, -0.1) is 10.1 Å². The first-order chi connectivity index (χ1) is 21.6. The Labute approximate surface area is 263 Å². The van der Waals surface area contributed by atoms with Gasteiger partial charge < -0.3 is 30.2 Å². The summed E-state index contributed by atoms with van der Waals surface area (Å²) in [4.78, 5) is 64.9. The van der Waals surface area contributed by atoms with Gasteiger partial charge >= 0.3 is 5.97 Å². The fraction of sp³-hybridized carbons (Fsp3) is 0.562. The average molecular weight is 645 g/mol. The number of ketones is 2. The van der Waals surface area contributed by atoms with Crippen LogP contribution in [0.5, 0.6) is 0 Å². The quantitative estimate of drug-likeness (QED) is 0.124. The van der Waals surface area contributed by atoms with Crippen LogP contribution in [-0.2, 0) is 30.4 Å². The molecule has 4 N–H and O–H groups in total. The highest BCUT2D eigenvalue weighted by molar-refractivity contribution is 5.96. The lowest BCUT2D eigenvalue weighted by Gasteiger charge is -2.61. The van der Waals surface area contributed by atoms with Crippen molar-refractivity contribution in [1.82, 2.24) is 5.32 Å². The molecule has 0 spiro atoms. The van der Waals surface area contributed by atoms with E-state index in [4.69, 9.17) is 4.74 Å². The molecule has 2 saturated carbocycles. The molecule has 0 radical (unpaired) electrons. The van der Waals surface area contributed by atoms with Gasteiger partial charge in [-0.1, -0.05) is 36.8 Å². The van der Waals surface area contributed by atoms with Gasteiger partial charge in [-0.2, -0.15) is 0 Å². The summed E-state index contributed by atoms with van der Waals surface area (Å²) in [6, 6.07) is 6.05. The minimum atomic E-state index is -2.46. The normalized spacial score (nSPS) is 36.0. The van der Waals surface area contributed by atoms with Gasteiger partial charge in [-0.3, -0.25) is 19.2 Å². The maximum Gasteiger partial charge on any atom is 0.325 e. The fourth-order valence-electron chi connectivity index (χ4n) is 8.26. The fourth-order valence-corrected chi connectivity index (χ4v) is 8.26. The first kappa shape index (κ1) is 33.4. The number of ether oxygens (including phenoxy) is 1. The minimum absolute atomic E-state index is 0.0345. The molecule has 14 heteroatoms. The van der Waals surface area contributed by atoms with Crippen molar-refractivity contribution in [2.24, 2.45) is 22.7 Å². The molecule has 0 unspecified atom stereocenters. The van der Waals surface area contributed by atoms with Gasteiger partial charge in [0.2, 0.25) is 5.78 Å². The Bertz CT molecular complexity index is 1510. The maximum atomic E-state index is 17.2. The second-order valence-electron chi connectivity index (χ2n) is 13.1. The second kappa shape index (κ2) is 12.0. The first-order valence-electron chi connectivity index (χ1n) is 15.1. The van der Waals surface area contributed by atoms with Crippen LogP contribution in [0.1, 0.15) is 55.5 Å². The lowest BCUT2D eigenvalue weighted by atomic mass is 9.45. The van der Waals surface area contributed by atoms with Crippen LogP contribution in [0, 0.1) is 32.8 Å². The van der Waals surface area contributed by atoms with Crippen molar-refractivity contribution in [3.8, 4) is 0 Å². The van der Waals surface area contributed by atoms with Crippen molar-refractivity contribution in [2.75, 3.05) is 19.8 Å². The number of hydrogen-bond donors (Lipinski definition) is 4. The lowest BCUT2D eigenvalue weighted by Crippen LogP contribution is -2.69. The number of aliphatic hydroxyl groups excluding tert-OH is 2. The zero-order valence-corrected chi connectivity index (χ0v) is 25.4. The Balaban J connectivity index is 1.21. The standard InChI is InChI=1S/C32H37FN2O11/c1-29-11-9-21(36)13-20(29)7-8-22-23-14-24(37)32(42,30(23,2)15-25(38)31(22,29)33)26(39)17-45-27(40)16-34-28(41)19-5-3-18(4-6-19)10-12-46-35(43)44/h3-7,9,11,22-25,37-38,42H,8,10,12-17H2,1-2H3,(H,34,41)/t22-,23-,24+,25-,29-,30-,31-,32-/m0/s1. The number of halogens is 1. The predicted octanol–water partition coefficient (Wildman–Crippen LogP) is 1.35. The van der Waals surface area contributed by atoms with Crippen LogP contribution >= 0.6 is 0 Å². The van der Waals surface area contributed by atoms with Crippen LogP contribution in [0.2, 0.25) is 0 Å². The molecule has 13 nitrogen and oxygen atoms in total. The summed E-state index contributed by atoms with van der Waals surface area (Å²) < 4.78 is 22.3. The summed E-state index contributed by atoms with van der Waals surface area (Å²) in [5.74, 6) is -4.41. The number of nitrogens with zero attached hydrogens (tertiary/aromatic N) is 1. The third kappa shape index (κ3) is 5.21. The van der Waals surface area contributed by atoms with E-state index in [0.717, 1.165) is 0 Å². The molecule has 4 aliphatic rings. The average Bonchev–Trinajstić information content (AvgIpc) is 3.21. The van der Waals surface area contributed by atoms with Gasteiger partial charge in [0.05, 0.1) is 12.2 Å². The van der Waals surface area contributed by atoms with Gasteiger partial charge in [0.1, 0.15) is 13.2 Å². The number of Topliss-reactive ketones (excluding diaryl/α,β-unsaturated/α-hetero) is 1. The number of alkyl halides is 1. The smallest absolute Gasteiger partial charge is 0.325 e. The minimum Gasteiger partial charge on any atom is -0.456 e. The van der Waals surface area contributed by atoms with Gasteiger partial charge in [-0.05, 0) is 62.3 Å². The van der Waals surface area contributed by atoms with Crippen LogP contribution in [-0.4, -0.2) is 87.1 Å². The third-order valence-corrected chi connectivity index (χ3v) is 10.8. The van der Waals surface area contributed by atoms with Crippen LogP contribution in [0.3, 0.4) is 0 Å². The van der Waals surface area contributed by atoms with Crippen molar-refractivity contribution >= 4 is 23.4 Å². The van der Waals surface area contributed by atoms with Crippen molar-refractivity contribution < 1.29 is 53.5 Å². The SMILES string of the molecule is C[C@]12C=CC(=O)CC1=CC[C@H]1[C@@H]3C[C@@H](O)[C@](O)(C(=O)COC(=O)CNC(=O)c4ccc(CCO[N+](=O)[O-])cc4)[C@@]3(C)C[C@H](O)[C@@]12F. The zero-order chi connectivity index (χ0) is 33.7. The van der Waals surface area contributed by atoms with Crippen molar-refractivity contribution in [3.63, 3.8) is 0 Å². The van der Waals surface area contributed by atoms with Gasteiger partial charge in [0.15, 0.2) is 23.7 Å². The van der Waals surface area contributed by atoms with E-state index in [1.807, 2.05) is 0 Å². The highest BCUT2D eigenvalue weighted by Gasteiger charge is 2.76. The largest absolute Gasteiger partial charge is 0.456 e. The Morgan fingerprint density at radius 2 is 1.83 bits per heavy atom. The summed E-state index contributed by atoms with van der Waals surface area (Å²) in [5, 5.41) is 45.9. The number of rotatable bonds is 10. The van der Waals surface area contributed by atoms with Crippen molar-refractivity contribution in [1.29, 1.82) is 0 Å². The Hall–Kier alpha value is -4.01. The van der Waals surface area contributed by atoms with E-state index in [1.165, 1.54) is 31.2 Å². The van der Waals surface area contributed by atoms with Crippen LogP contribution in [0.25, 0.3) is 0 Å². The predicted molar refractivity (Wildman–Crippen MR) is 156 cm³/mol. The number of amides is 1. The molecule has 0 bridgehead atoms. The molecule has 1 aromatic rings. The molecule has 4 aliphatic carbocycles. The molecule has 0 heterocycles. The number of carbonyl (C=O) groups excluding carboxylic acids is 4. The summed E-state index contributed by atoms with van der Waals surface area (Å²) in [6.07, 6.45) is 1.25. The van der Waals surface area contributed by atoms with E-state index in [2.05, 4.69) is 10.2 Å². The molecular formula is C32H37FN2O11. The molecule has 0 saturated heterocycles. The van der Waals surface area contributed by atoms with Gasteiger partial charge in [-0.25, -0.2) is 4.39 Å². The van der Waals surface area contributed by atoms with Gasteiger partial charge in [0.25, 0.3) is 11.0 Å². The molecule has 0 aromatic heterocycles. The Kier molecular flexibility index (Phi) is 8.68. The van der Waals surface area contributed by atoms with E-state index < -0.39 is 82.0 Å². The summed E-state index contributed by atoms with van der Waals surface area (Å²) in [5.41, 5.74) is -5.98. The molecule has 1 aromatic carbocycles. The van der Waals surface area contributed by atoms with E-state index in [0.29, 0.717) is 11.1 Å². The highest BCUT2D eigenvalue weighted by atomic mass is 19.1. The lowest BCUT2D eigenvalue weighted by molar-refractivity contribution is -0.757. The van der Waals surface area contributed by atoms with Crippen LogP contribution in [0.15, 0.2) is 48.1 Å². The highest BCUT2D eigenvalue weighted by Crippen LogP contribution is 2.69. The maximum absolute atomic E-state index is 17.2. The molecular weight excluding hydrogens is 607 g/mol. The number of benzene rings is 1. The van der Waals surface area contributed by atoms with Gasteiger partial charge in [0, 0.05) is 28.7 Å². The first-order valence-corrected chi connectivity index (χ1v) is 15.1. The Morgan fingerprint density at radius 1 is 1.13 bits per heavy atom. The summed E-state index contributed by atoms with van der Waals surface area (Å²) in [6.45, 7) is 1.47. The van der Waals surface area contributed by atoms with E-state index in [-0.39, 0.29) is 50.1 Å². The number of aliphatic hydroxyl groups is 3. The topological polar surface area (TPSA) is 203 Å². The number of hydrogen-bond acceptors (Lipinski definition) is 11. The molecule has 8 atom stereocenters. The van der Waals surface area contributed by atoms with E-state index in [9.17, 15) is 44.6 Å². The molecule has 248 valence electrons. The molecule has 5 rings (SSSR count). The number of carbonyl (C=O) groups is 4. The Morgan fingerprint density at radius 3 is 2.50 bits per heavy atom. The summed E-state index contributed by atoms with van der Waals surface area (Å²) >= 11 is 0. The molecule has 0 aliphatic heterocycles. The number of nitrogens with one attached hydrogen (secondary N) is 1. The van der Waals surface area contributed by atoms with Crippen LogP contribution in [0.4, 0.5) is 4.39 Å². The monoisotopic (exact) mass is 644 g/mol.